The summed E-state index contributed by atoms with van der Waals surface area (Å²) >= 11 is 6.27. The van der Waals surface area contributed by atoms with E-state index in [1.54, 1.807) is 24.3 Å². The van der Waals surface area contributed by atoms with Gasteiger partial charge >= 0.3 is 6.03 Å². The van der Waals surface area contributed by atoms with Crippen LogP contribution in [0.3, 0.4) is 0 Å². The van der Waals surface area contributed by atoms with Crippen LogP contribution in [0.5, 0.6) is 5.75 Å². The summed E-state index contributed by atoms with van der Waals surface area (Å²) in [5.41, 5.74) is 6.72. The summed E-state index contributed by atoms with van der Waals surface area (Å²) in [7, 11) is 0. The number of nitrogens with zero attached hydrogens (tertiary/aromatic N) is 2. The molecule has 150 valence electrons. The van der Waals surface area contributed by atoms with E-state index >= 15 is 0 Å². The van der Waals surface area contributed by atoms with Gasteiger partial charge in [-0.1, -0.05) is 23.7 Å². The lowest BCUT2D eigenvalue weighted by molar-refractivity contribution is 0.0663. The van der Waals surface area contributed by atoms with E-state index < -0.39 is 12.1 Å². The monoisotopic (exact) mass is 404 g/mol. The number of ether oxygens (including phenoxy) is 1. The third-order valence-corrected chi connectivity index (χ3v) is 4.92. The number of nitrogens with one attached hydrogen (secondary N) is 1. The van der Waals surface area contributed by atoms with Crippen molar-refractivity contribution in [3.8, 4) is 5.75 Å². The normalized spacial score (nSPS) is 15.9. The topological polar surface area (TPSA) is 91.1 Å². The van der Waals surface area contributed by atoms with E-state index in [4.69, 9.17) is 22.1 Å². The summed E-state index contributed by atoms with van der Waals surface area (Å²) < 4.78 is 5.63. The van der Waals surface area contributed by atoms with Crippen LogP contribution >= 0.6 is 11.6 Å². The maximum atomic E-state index is 10.8. The van der Waals surface area contributed by atoms with E-state index in [1.807, 2.05) is 24.3 Å². The predicted molar refractivity (Wildman–Crippen MR) is 111 cm³/mol. The molecular formula is C20H25ClN4O3. The molecule has 2 aromatic rings. The second-order valence-electron chi connectivity index (χ2n) is 6.72. The molecule has 0 spiro atoms. The molecule has 4 N–H and O–H groups in total. The Morgan fingerprint density at radius 2 is 1.82 bits per heavy atom. The first-order valence-electron chi connectivity index (χ1n) is 9.20. The highest BCUT2D eigenvalue weighted by Crippen LogP contribution is 2.26. The number of carbonyl (C=O) groups is 1. The quantitative estimate of drug-likeness (QED) is 0.659. The number of halogens is 1. The Bertz CT molecular complexity index is 779. The number of β-amino-alcohol motifs (C(OH)–C–C–N with tert-alkyl or cyclic N) is 1. The number of carbonyl (C=O) groups excluding carboxylic acids is 1. The number of aliphatic hydroxyl groups excluding tert-OH is 1. The third kappa shape index (κ3) is 5.76. The summed E-state index contributed by atoms with van der Waals surface area (Å²) in [6.07, 6.45) is -0.588. The summed E-state index contributed by atoms with van der Waals surface area (Å²) in [5.74, 6) is 0.623. The first-order chi connectivity index (χ1) is 13.5. The fourth-order valence-electron chi connectivity index (χ4n) is 3.20. The van der Waals surface area contributed by atoms with Crippen molar-refractivity contribution >= 4 is 29.0 Å². The smallest absolute Gasteiger partial charge is 0.316 e. The van der Waals surface area contributed by atoms with E-state index in [0.717, 1.165) is 36.9 Å². The highest BCUT2D eigenvalue weighted by atomic mass is 35.5. The van der Waals surface area contributed by atoms with E-state index in [-0.39, 0.29) is 6.61 Å². The van der Waals surface area contributed by atoms with Crippen LogP contribution in [0.15, 0.2) is 48.5 Å². The Balaban J connectivity index is 1.40. The zero-order valence-electron chi connectivity index (χ0n) is 15.6. The standard InChI is InChI=1S/C20H25ClN4O3/c21-18-3-1-2-4-19(18)25-11-9-24(10-12-25)13-16(26)14-28-17-7-5-15(6-8-17)23-20(22)27/h1-8,16,26H,9-14H2,(H3,22,23,27). The van der Waals surface area contributed by atoms with Crippen molar-refractivity contribution in [2.45, 2.75) is 6.10 Å². The molecule has 1 saturated heterocycles. The third-order valence-electron chi connectivity index (χ3n) is 4.60. The zero-order chi connectivity index (χ0) is 19.9. The van der Waals surface area contributed by atoms with Gasteiger partial charge in [0.25, 0.3) is 0 Å². The van der Waals surface area contributed by atoms with E-state index in [0.29, 0.717) is 18.0 Å². The molecule has 28 heavy (non-hydrogen) atoms. The van der Waals surface area contributed by atoms with E-state index in [1.165, 1.54) is 0 Å². The van der Waals surface area contributed by atoms with Crippen LogP contribution in [-0.4, -0.2) is 61.5 Å². The molecule has 0 radical (unpaired) electrons. The molecule has 1 aliphatic heterocycles. The summed E-state index contributed by atoms with van der Waals surface area (Å²) in [6, 6.07) is 14.1. The van der Waals surface area contributed by atoms with Crippen molar-refractivity contribution in [1.82, 2.24) is 4.90 Å². The SMILES string of the molecule is NC(=O)Nc1ccc(OCC(O)CN2CCN(c3ccccc3Cl)CC2)cc1. The van der Waals surface area contributed by atoms with Gasteiger partial charge in [0.1, 0.15) is 18.5 Å². The molecule has 0 aromatic heterocycles. The maximum absolute atomic E-state index is 10.8. The highest BCUT2D eigenvalue weighted by Gasteiger charge is 2.20. The Morgan fingerprint density at radius 1 is 1.14 bits per heavy atom. The van der Waals surface area contributed by atoms with Crippen molar-refractivity contribution in [3.63, 3.8) is 0 Å². The van der Waals surface area contributed by atoms with Gasteiger partial charge in [0, 0.05) is 38.4 Å². The van der Waals surface area contributed by atoms with Crippen molar-refractivity contribution in [2.24, 2.45) is 5.73 Å². The molecule has 0 saturated carbocycles. The molecule has 0 aliphatic carbocycles. The van der Waals surface area contributed by atoms with Crippen molar-refractivity contribution in [1.29, 1.82) is 0 Å². The Morgan fingerprint density at radius 3 is 2.46 bits per heavy atom. The number of benzene rings is 2. The number of para-hydroxylation sites is 1. The van der Waals surface area contributed by atoms with Crippen LogP contribution in [0.4, 0.5) is 16.2 Å². The molecule has 1 aliphatic rings. The number of hydrogen-bond donors (Lipinski definition) is 3. The lowest BCUT2D eigenvalue weighted by atomic mass is 10.2. The molecule has 8 heteroatoms. The second kappa shape index (κ2) is 9.64. The highest BCUT2D eigenvalue weighted by molar-refractivity contribution is 6.33. The number of amides is 2. The minimum absolute atomic E-state index is 0.202. The van der Waals surface area contributed by atoms with Gasteiger partial charge in [0.15, 0.2) is 0 Å². The first kappa shape index (κ1) is 20.3. The van der Waals surface area contributed by atoms with Gasteiger partial charge in [0.05, 0.1) is 10.7 Å². The number of rotatable bonds is 7. The van der Waals surface area contributed by atoms with Crippen LogP contribution in [0.2, 0.25) is 5.02 Å². The van der Waals surface area contributed by atoms with Gasteiger partial charge in [-0.25, -0.2) is 4.79 Å². The van der Waals surface area contributed by atoms with Gasteiger partial charge in [0.2, 0.25) is 0 Å². The number of primary amides is 1. The van der Waals surface area contributed by atoms with Crippen molar-refractivity contribution in [2.75, 3.05) is 49.5 Å². The Labute approximate surface area is 169 Å². The van der Waals surface area contributed by atoms with Gasteiger partial charge in [-0.3, -0.25) is 4.90 Å². The fourth-order valence-corrected chi connectivity index (χ4v) is 3.45. The minimum Gasteiger partial charge on any atom is -0.491 e. The lowest BCUT2D eigenvalue weighted by Gasteiger charge is -2.37. The van der Waals surface area contributed by atoms with Crippen molar-refractivity contribution < 1.29 is 14.6 Å². The van der Waals surface area contributed by atoms with Gasteiger partial charge in [-0.05, 0) is 36.4 Å². The molecular weight excluding hydrogens is 380 g/mol. The van der Waals surface area contributed by atoms with Crippen LogP contribution in [0.1, 0.15) is 0 Å². The number of piperazine rings is 1. The van der Waals surface area contributed by atoms with E-state index in [2.05, 4.69) is 15.1 Å². The van der Waals surface area contributed by atoms with Crippen LogP contribution in [0, 0.1) is 0 Å². The molecule has 2 aromatic carbocycles. The van der Waals surface area contributed by atoms with E-state index in [9.17, 15) is 9.90 Å². The van der Waals surface area contributed by atoms with Gasteiger partial charge < -0.3 is 25.8 Å². The molecule has 1 heterocycles. The number of aliphatic hydroxyl groups is 1. The maximum Gasteiger partial charge on any atom is 0.316 e. The fraction of sp³-hybridized carbons (Fsp3) is 0.350. The molecule has 0 bridgehead atoms. The lowest BCUT2D eigenvalue weighted by Crippen LogP contribution is -2.49. The average Bonchev–Trinajstić information content (AvgIpc) is 2.68. The van der Waals surface area contributed by atoms with Crippen LogP contribution in [0.25, 0.3) is 0 Å². The molecule has 3 rings (SSSR count). The average molecular weight is 405 g/mol. The van der Waals surface area contributed by atoms with Gasteiger partial charge in [-0.15, -0.1) is 0 Å². The number of anilines is 2. The summed E-state index contributed by atoms with van der Waals surface area (Å²) in [6.45, 7) is 4.20. The Hall–Kier alpha value is -2.48. The zero-order valence-corrected chi connectivity index (χ0v) is 16.3. The Kier molecular flexibility index (Phi) is 6.97. The van der Waals surface area contributed by atoms with Crippen LogP contribution in [-0.2, 0) is 0 Å². The minimum atomic E-state index is -0.612. The summed E-state index contributed by atoms with van der Waals surface area (Å²) in [4.78, 5) is 15.3. The molecule has 7 nitrogen and oxygen atoms in total. The summed E-state index contributed by atoms with van der Waals surface area (Å²) in [5, 5.41) is 13.5. The molecule has 1 atom stereocenters. The number of nitrogens with two attached hydrogens (primary N) is 1. The number of urea groups is 1. The van der Waals surface area contributed by atoms with Crippen LogP contribution < -0.4 is 20.7 Å². The molecule has 1 unspecified atom stereocenters. The number of hydrogen-bond acceptors (Lipinski definition) is 5. The predicted octanol–water partition coefficient (Wildman–Crippen LogP) is 2.39. The van der Waals surface area contributed by atoms with Crippen molar-refractivity contribution in [3.05, 3.63) is 53.6 Å². The molecule has 2 amide bonds. The molecule has 1 fully saturated rings. The first-order valence-corrected chi connectivity index (χ1v) is 9.58. The second-order valence-corrected chi connectivity index (χ2v) is 7.12. The van der Waals surface area contributed by atoms with Gasteiger partial charge in [-0.2, -0.15) is 0 Å². The largest absolute Gasteiger partial charge is 0.491 e.